The number of hydrogen-bond acceptors (Lipinski definition) is 5. The van der Waals surface area contributed by atoms with Crippen molar-refractivity contribution in [1.82, 2.24) is 4.98 Å². The number of nitro groups is 1. The fourth-order valence-corrected chi connectivity index (χ4v) is 1.59. The van der Waals surface area contributed by atoms with Crippen LogP contribution >= 0.6 is 0 Å². The first-order valence-electron chi connectivity index (χ1n) is 5.45. The minimum absolute atomic E-state index is 0.00310. The highest BCUT2D eigenvalue weighted by molar-refractivity contribution is 5.73. The van der Waals surface area contributed by atoms with Crippen LogP contribution in [0.25, 0.3) is 0 Å². The summed E-state index contributed by atoms with van der Waals surface area (Å²) in [6, 6.07) is 0. The normalized spacial score (nSPS) is 10.6. The van der Waals surface area contributed by atoms with Gasteiger partial charge in [0.05, 0.1) is 18.0 Å². The van der Waals surface area contributed by atoms with Crippen LogP contribution in [0.4, 0.5) is 14.5 Å². The molecule has 1 rings (SSSR count). The van der Waals surface area contributed by atoms with E-state index < -0.39 is 28.7 Å². The topological polar surface area (TPSA) is 82.3 Å². The largest absolute Gasteiger partial charge is 0.466 e. The number of aromatic nitrogens is 1. The van der Waals surface area contributed by atoms with Crippen molar-refractivity contribution in [2.75, 3.05) is 6.61 Å². The summed E-state index contributed by atoms with van der Waals surface area (Å²) >= 11 is 0. The summed E-state index contributed by atoms with van der Waals surface area (Å²) < 4.78 is 29.9. The monoisotopic (exact) mass is 274 g/mol. The molecule has 1 aromatic heterocycles. The van der Waals surface area contributed by atoms with Crippen molar-refractivity contribution in [2.24, 2.45) is 0 Å². The summed E-state index contributed by atoms with van der Waals surface area (Å²) in [4.78, 5) is 24.6. The number of pyridine rings is 1. The van der Waals surface area contributed by atoms with Gasteiger partial charge in [-0.05, 0) is 19.4 Å². The predicted octanol–water partition coefficient (Wildman–Crippen LogP) is 2.34. The third-order valence-corrected chi connectivity index (χ3v) is 2.47. The molecule has 8 heteroatoms. The van der Waals surface area contributed by atoms with Gasteiger partial charge in [0.15, 0.2) is 5.69 Å². The first-order valence-corrected chi connectivity index (χ1v) is 5.45. The molecule has 0 aliphatic heterocycles. The van der Waals surface area contributed by atoms with Crippen molar-refractivity contribution >= 4 is 11.7 Å². The van der Waals surface area contributed by atoms with Gasteiger partial charge >= 0.3 is 5.97 Å². The maximum absolute atomic E-state index is 12.6. The molecule has 0 amide bonds. The molecular formula is C11H12F2N2O4. The van der Waals surface area contributed by atoms with E-state index in [-0.39, 0.29) is 24.2 Å². The molecule has 19 heavy (non-hydrogen) atoms. The van der Waals surface area contributed by atoms with E-state index in [0.29, 0.717) is 0 Å². The number of esters is 1. The Labute approximate surface area is 107 Å². The fraction of sp³-hybridized carbons (Fsp3) is 0.455. The smallest absolute Gasteiger partial charge is 0.310 e. The van der Waals surface area contributed by atoms with Gasteiger partial charge in [-0.1, -0.05) is 0 Å². The SMILES string of the molecule is CCOC(=O)Cc1cnc(C(F)F)c([N+](=O)[O-])c1C. The second-order valence-electron chi connectivity index (χ2n) is 3.68. The van der Waals surface area contributed by atoms with E-state index in [1.54, 1.807) is 6.92 Å². The lowest BCUT2D eigenvalue weighted by atomic mass is 10.1. The molecular weight excluding hydrogens is 262 g/mol. The highest BCUT2D eigenvalue weighted by Crippen LogP contribution is 2.31. The van der Waals surface area contributed by atoms with Crippen molar-refractivity contribution in [2.45, 2.75) is 26.7 Å². The van der Waals surface area contributed by atoms with Crippen LogP contribution in [0.3, 0.4) is 0 Å². The van der Waals surface area contributed by atoms with E-state index in [1.165, 1.54) is 6.92 Å². The third-order valence-electron chi connectivity index (χ3n) is 2.47. The number of ether oxygens (including phenoxy) is 1. The van der Waals surface area contributed by atoms with Crippen molar-refractivity contribution < 1.29 is 23.2 Å². The van der Waals surface area contributed by atoms with E-state index in [4.69, 9.17) is 4.74 Å². The molecule has 0 saturated carbocycles. The zero-order valence-electron chi connectivity index (χ0n) is 10.4. The average Bonchev–Trinajstić information content (AvgIpc) is 2.30. The Morgan fingerprint density at radius 3 is 2.68 bits per heavy atom. The highest BCUT2D eigenvalue weighted by atomic mass is 19.3. The molecule has 1 heterocycles. The van der Waals surface area contributed by atoms with Crippen molar-refractivity contribution in [1.29, 1.82) is 0 Å². The molecule has 6 nitrogen and oxygen atoms in total. The Morgan fingerprint density at radius 2 is 2.21 bits per heavy atom. The zero-order chi connectivity index (χ0) is 14.6. The molecule has 0 saturated heterocycles. The number of carbonyl (C=O) groups excluding carboxylic acids is 1. The van der Waals surface area contributed by atoms with Gasteiger partial charge in [0.25, 0.3) is 12.1 Å². The number of hydrogen-bond donors (Lipinski definition) is 0. The van der Waals surface area contributed by atoms with Crippen LogP contribution in [-0.2, 0) is 16.0 Å². The minimum Gasteiger partial charge on any atom is -0.466 e. The van der Waals surface area contributed by atoms with Gasteiger partial charge in [-0.2, -0.15) is 0 Å². The maximum Gasteiger partial charge on any atom is 0.310 e. The lowest BCUT2D eigenvalue weighted by Gasteiger charge is -2.08. The molecule has 0 unspecified atom stereocenters. The number of rotatable bonds is 5. The van der Waals surface area contributed by atoms with Crippen LogP contribution in [0.2, 0.25) is 0 Å². The van der Waals surface area contributed by atoms with Crippen LogP contribution in [0.15, 0.2) is 6.20 Å². The Bertz CT molecular complexity index is 506. The van der Waals surface area contributed by atoms with Gasteiger partial charge in [-0.3, -0.25) is 14.9 Å². The molecule has 1 aromatic rings. The van der Waals surface area contributed by atoms with Gasteiger partial charge in [-0.15, -0.1) is 0 Å². The van der Waals surface area contributed by atoms with Crippen molar-refractivity contribution in [3.8, 4) is 0 Å². The summed E-state index contributed by atoms with van der Waals surface area (Å²) in [5.74, 6) is -0.591. The first kappa shape index (κ1) is 14.9. The molecule has 0 bridgehead atoms. The average molecular weight is 274 g/mol. The molecule has 0 spiro atoms. The number of carbonyl (C=O) groups is 1. The van der Waals surface area contributed by atoms with Gasteiger partial charge in [0.2, 0.25) is 0 Å². The van der Waals surface area contributed by atoms with E-state index in [2.05, 4.69) is 4.98 Å². The molecule has 104 valence electrons. The zero-order valence-corrected chi connectivity index (χ0v) is 10.4. The van der Waals surface area contributed by atoms with Crippen LogP contribution < -0.4 is 0 Å². The van der Waals surface area contributed by atoms with Crippen LogP contribution in [-0.4, -0.2) is 22.5 Å². The van der Waals surface area contributed by atoms with Crippen LogP contribution in [0.1, 0.15) is 30.2 Å². The van der Waals surface area contributed by atoms with E-state index in [9.17, 15) is 23.7 Å². The van der Waals surface area contributed by atoms with Crippen LogP contribution in [0.5, 0.6) is 0 Å². The summed E-state index contributed by atoms with van der Waals surface area (Å²) in [7, 11) is 0. The molecule has 0 N–H and O–H groups in total. The summed E-state index contributed by atoms with van der Waals surface area (Å²) in [6.45, 7) is 3.09. The molecule has 0 fully saturated rings. The summed E-state index contributed by atoms with van der Waals surface area (Å²) in [5.41, 5.74) is -1.44. The molecule has 0 atom stereocenters. The minimum atomic E-state index is -3.05. The van der Waals surface area contributed by atoms with E-state index >= 15 is 0 Å². The molecule has 0 aliphatic carbocycles. The summed E-state index contributed by atoms with van der Waals surface area (Å²) in [6.07, 6.45) is -2.24. The van der Waals surface area contributed by atoms with Gasteiger partial charge in [0, 0.05) is 11.8 Å². The van der Waals surface area contributed by atoms with Gasteiger partial charge < -0.3 is 4.74 Å². The summed E-state index contributed by atoms with van der Waals surface area (Å²) in [5, 5.41) is 10.8. The van der Waals surface area contributed by atoms with Gasteiger partial charge in [-0.25, -0.2) is 13.8 Å². The second-order valence-corrected chi connectivity index (χ2v) is 3.68. The predicted molar refractivity (Wildman–Crippen MR) is 60.9 cm³/mol. The van der Waals surface area contributed by atoms with E-state index in [0.717, 1.165) is 6.20 Å². The molecule has 0 aliphatic rings. The quantitative estimate of drug-likeness (QED) is 0.467. The lowest BCUT2D eigenvalue weighted by molar-refractivity contribution is -0.387. The lowest BCUT2D eigenvalue weighted by Crippen LogP contribution is -2.11. The number of halogens is 2. The highest BCUT2D eigenvalue weighted by Gasteiger charge is 2.28. The van der Waals surface area contributed by atoms with Gasteiger partial charge in [0.1, 0.15) is 0 Å². The number of nitrogens with zero attached hydrogens (tertiary/aromatic N) is 2. The third kappa shape index (κ3) is 3.43. The second kappa shape index (κ2) is 6.17. The Kier molecular flexibility index (Phi) is 4.85. The fourth-order valence-electron chi connectivity index (χ4n) is 1.59. The Morgan fingerprint density at radius 1 is 1.58 bits per heavy atom. The first-order chi connectivity index (χ1) is 8.88. The molecule has 0 radical (unpaired) electrons. The standard InChI is InChI=1S/C11H12F2N2O4/c1-3-19-8(16)4-7-5-14-9(11(12)13)10(6(7)2)15(17)18/h5,11H,3-4H2,1-2H3. The van der Waals surface area contributed by atoms with Crippen LogP contribution in [0, 0.1) is 17.0 Å². The maximum atomic E-state index is 12.6. The van der Waals surface area contributed by atoms with Crippen molar-refractivity contribution in [3.05, 3.63) is 33.1 Å². The Hall–Kier alpha value is -2.12. The molecule has 0 aromatic carbocycles. The Balaban J connectivity index is 3.20. The van der Waals surface area contributed by atoms with E-state index in [1.807, 2.05) is 0 Å². The number of alkyl halides is 2. The van der Waals surface area contributed by atoms with Crippen molar-refractivity contribution in [3.63, 3.8) is 0 Å².